The fourth-order valence-electron chi connectivity index (χ4n) is 3.09. The molecule has 3 N–H and O–H groups in total. The largest absolute Gasteiger partial charge is 0.388 e. The molecule has 0 radical (unpaired) electrons. The fraction of sp³-hybridized carbons (Fsp3) is 0.867. The Morgan fingerprint density at radius 1 is 1.57 bits per heavy atom. The second-order valence-corrected chi connectivity index (χ2v) is 6.52. The van der Waals surface area contributed by atoms with Crippen LogP contribution in [-0.4, -0.2) is 34.0 Å². The number of ether oxygens (including phenoxy) is 1. The van der Waals surface area contributed by atoms with Crippen LogP contribution in [0.3, 0.4) is 0 Å². The van der Waals surface area contributed by atoms with Gasteiger partial charge in [0.1, 0.15) is 5.60 Å². The summed E-state index contributed by atoms with van der Waals surface area (Å²) in [4.78, 5) is 4.47. The van der Waals surface area contributed by atoms with E-state index in [0.29, 0.717) is 24.2 Å². The predicted molar refractivity (Wildman–Crippen MR) is 78.6 cm³/mol. The van der Waals surface area contributed by atoms with E-state index in [1.807, 2.05) is 6.92 Å². The van der Waals surface area contributed by atoms with Gasteiger partial charge in [-0.1, -0.05) is 18.5 Å². The lowest BCUT2D eigenvalue weighted by Gasteiger charge is -2.37. The number of aliphatic hydroxyl groups is 1. The lowest BCUT2D eigenvalue weighted by atomic mass is 9.78. The molecule has 120 valence electrons. The molecule has 1 fully saturated rings. The number of hydrogen-bond acceptors (Lipinski definition) is 6. The third-order valence-electron chi connectivity index (χ3n) is 4.22. The summed E-state index contributed by atoms with van der Waals surface area (Å²) in [5.41, 5.74) is 4.06. The van der Waals surface area contributed by atoms with E-state index < -0.39 is 11.2 Å². The SMILES string of the molecule is CCOC1(c2noc(CC(C)(O)CN)n2)CCCC(C)C1. The van der Waals surface area contributed by atoms with Crippen molar-refractivity contribution in [3.63, 3.8) is 0 Å². The zero-order chi connectivity index (χ0) is 15.5. The molecule has 1 heterocycles. The third-order valence-corrected chi connectivity index (χ3v) is 4.22. The zero-order valence-electron chi connectivity index (χ0n) is 13.3. The molecule has 21 heavy (non-hydrogen) atoms. The first-order valence-corrected chi connectivity index (χ1v) is 7.80. The van der Waals surface area contributed by atoms with Crippen molar-refractivity contribution in [1.82, 2.24) is 10.1 Å². The molecular weight excluding hydrogens is 270 g/mol. The van der Waals surface area contributed by atoms with Gasteiger partial charge in [-0.15, -0.1) is 0 Å². The number of hydrogen-bond donors (Lipinski definition) is 2. The van der Waals surface area contributed by atoms with Crippen molar-refractivity contribution in [3.05, 3.63) is 11.7 Å². The van der Waals surface area contributed by atoms with Crippen LogP contribution in [0.15, 0.2) is 4.52 Å². The van der Waals surface area contributed by atoms with Gasteiger partial charge in [-0.05, 0) is 39.0 Å². The quantitative estimate of drug-likeness (QED) is 0.831. The van der Waals surface area contributed by atoms with Crippen molar-refractivity contribution < 1.29 is 14.4 Å². The second kappa shape index (κ2) is 6.42. The fourth-order valence-corrected chi connectivity index (χ4v) is 3.09. The van der Waals surface area contributed by atoms with Crippen molar-refractivity contribution in [1.29, 1.82) is 0 Å². The summed E-state index contributed by atoms with van der Waals surface area (Å²) >= 11 is 0. The van der Waals surface area contributed by atoms with E-state index in [1.165, 1.54) is 6.42 Å². The maximum atomic E-state index is 10.0. The average molecular weight is 297 g/mol. The summed E-state index contributed by atoms with van der Waals surface area (Å²) in [5, 5.41) is 14.1. The van der Waals surface area contributed by atoms with E-state index in [4.69, 9.17) is 15.0 Å². The van der Waals surface area contributed by atoms with Crippen LogP contribution in [-0.2, 0) is 16.8 Å². The van der Waals surface area contributed by atoms with Crippen molar-refractivity contribution in [2.24, 2.45) is 11.7 Å². The summed E-state index contributed by atoms with van der Waals surface area (Å²) in [6, 6.07) is 0. The van der Waals surface area contributed by atoms with Gasteiger partial charge in [0, 0.05) is 13.2 Å². The van der Waals surface area contributed by atoms with E-state index >= 15 is 0 Å². The van der Waals surface area contributed by atoms with Crippen LogP contribution in [0.5, 0.6) is 0 Å². The van der Waals surface area contributed by atoms with Gasteiger partial charge in [0.15, 0.2) is 0 Å². The number of nitrogens with zero attached hydrogens (tertiary/aromatic N) is 2. The van der Waals surface area contributed by atoms with Gasteiger partial charge in [0.2, 0.25) is 11.7 Å². The first-order chi connectivity index (χ1) is 9.91. The van der Waals surface area contributed by atoms with E-state index in [0.717, 1.165) is 19.3 Å². The van der Waals surface area contributed by atoms with E-state index in [9.17, 15) is 5.11 Å². The molecule has 0 aromatic carbocycles. The highest BCUT2D eigenvalue weighted by atomic mass is 16.5. The Balaban J connectivity index is 2.20. The van der Waals surface area contributed by atoms with Crippen LogP contribution in [0, 0.1) is 5.92 Å². The monoisotopic (exact) mass is 297 g/mol. The van der Waals surface area contributed by atoms with Crippen molar-refractivity contribution in [2.75, 3.05) is 13.2 Å². The average Bonchev–Trinajstić information content (AvgIpc) is 2.87. The van der Waals surface area contributed by atoms with Crippen LogP contribution in [0.1, 0.15) is 58.2 Å². The molecule has 1 aliphatic rings. The molecule has 1 aliphatic carbocycles. The highest BCUT2D eigenvalue weighted by Crippen LogP contribution is 2.41. The van der Waals surface area contributed by atoms with Crippen LogP contribution in [0.4, 0.5) is 0 Å². The predicted octanol–water partition coefficient (Wildman–Crippen LogP) is 1.76. The molecule has 6 nitrogen and oxygen atoms in total. The van der Waals surface area contributed by atoms with Gasteiger partial charge in [-0.3, -0.25) is 0 Å². The Bertz CT molecular complexity index is 457. The molecule has 0 bridgehead atoms. The van der Waals surface area contributed by atoms with E-state index in [2.05, 4.69) is 17.1 Å². The van der Waals surface area contributed by atoms with Crippen molar-refractivity contribution in [2.45, 2.75) is 64.1 Å². The highest BCUT2D eigenvalue weighted by Gasteiger charge is 2.41. The Morgan fingerprint density at radius 3 is 2.95 bits per heavy atom. The first-order valence-electron chi connectivity index (χ1n) is 7.80. The summed E-state index contributed by atoms with van der Waals surface area (Å²) in [5.74, 6) is 1.61. The minimum absolute atomic E-state index is 0.151. The molecule has 0 amide bonds. The molecule has 0 aliphatic heterocycles. The Morgan fingerprint density at radius 2 is 2.33 bits per heavy atom. The van der Waals surface area contributed by atoms with Gasteiger partial charge >= 0.3 is 0 Å². The molecule has 2 rings (SSSR count). The van der Waals surface area contributed by atoms with Crippen LogP contribution >= 0.6 is 0 Å². The number of aromatic nitrogens is 2. The second-order valence-electron chi connectivity index (χ2n) is 6.52. The summed E-state index contributed by atoms with van der Waals surface area (Å²) in [6.07, 6.45) is 4.39. The van der Waals surface area contributed by atoms with Crippen LogP contribution in [0.25, 0.3) is 0 Å². The smallest absolute Gasteiger partial charge is 0.229 e. The Hall–Kier alpha value is -0.980. The molecule has 1 aromatic rings. The molecular formula is C15H27N3O3. The van der Waals surface area contributed by atoms with Gasteiger partial charge in [-0.2, -0.15) is 4.98 Å². The van der Waals surface area contributed by atoms with E-state index in [-0.39, 0.29) is 13.0 Å². The molecule has 0 spiro atoms. The van der Waals surface area contributed by atoms with Gasteiger partial charge < -0.3 is 20.1 Å². The minimum Gasteiger partial charge on any atom is -0.388 e. The van der Waals surface area contributed by atoms with Crippen LogP contribution in [0.2, 0.25) is 0 Å². The van der Waals surface area contributed by atoms with Crippen LogP contribution < -0.4 is 5.73 Å². The lowest BCUT2D eigenvalue weighted by molar-refractivity contribution is -0.0891. The molecule has 6 heteroatoms. The summed E-state index contributed by atoms with van der Waals surface area (Å²) in [7, 11) is 0. The number of nitrogens with two attached hydrogens (primary N) is 1. The molecule has 3 atom stereocenters. The minimum atomic E-state index is -1.03. The van der Waals surface area contributed by atoms with Gasteiger partial charge in [0.05, 0.1) is 12.0 Å². The molecule has 1 aromatic heterocycles. The van der Waals surface area contributed by atoms with Gasteiger partial charge in [-0.25, -0.2) is 0 Å². The topological polar surface area (TPSA) is 94.4 Å². The van der Waals surface area contributed by atoms with Crippen molar-refractivity contribution in [3.8, 4) is 0 Å². The highest BCUT2D eigenvalue weighted by molar-refractivity contribution is 5.05. The number of rotatable bonds is 6. The Kier molecular flexibility index (Phi) is 5.01. The maximum Gasteiger partial charge on any atom is 0.229 e. The molecule has 0 saturated heterocycles. The summed E-state index contributed by atoms with van der Waals surface area (Å²) < 4.78 is 11.3. The Labute approximate surface area is 126 Å². The third kappa shape index (κ3) is 3.81. The molecule has 3 unspecified atom stereocenters. The van der Waals surface area contributed by atoms with E-state index in [1.54, 1.807) is 6.92 Å². The maximum absolute atomic E-state index is 10.0. The lowest BCUT2D eigenvalue weighted by Crippen LogP contribution is -2.37. The van der Waals surface area contributed by atoms with Gasteiger partial charge in [0.25, 0.3) is 0 Å². The first kappa shape index (κ1) is 16.4. The zero-order valence-corrected chi connectivity index (χ0v) is 13.3. The standard InChI is InChI=1S/C15H27N3O3/c1-4-20-15(7-5-6-11(2)8-15)13-17-12(21-18-13)9-14(3,19)10-16/h11,19H,4-10,16H2,1-3H3. The normalized spacial score (nSPS) is 29.3. The van der Waals surface area contributed by atoms with Crippen molar-refractivity contribution >= 4 is 0 Å². The summed E-state index contributed by atoms with van der Waals surface area (Å²) in [6.45, 7) is 6.65. The molecule has 1 saturated carbocycles.